The largest absolute Gasteiger partial charge is 0.465 e. The number of benzene rings is 2. The topological polar surface area (TPSA) is 216 Å². The molecule has 3 aliphatic heterocycles. The molecule has 0 saturated carbocycles. The first-order chi connectivity index (χ1) is 36.6. The highest BCUT2D eigenvalue weighted by atomic mass is 19.4. The van der Waals surface area contributed by atoms with Crippen LogP contribution in [0.3, 0.4) is 0 Å². The molecule has 2 unspecified atom stereocenters. The van der Waals surface area contributed by atoms with Gasteiger partial charge in [-0.15, -0.1) is 0 Å². The molecule has 3 aliphatic rings. The van der Waals surface area contributed by atoms with E-state index in [1.54, 1.807) is 35.8 Å². The van der Waals surface area contributed by atoms with Crippen LogP contribution in [0, 0.1) is 22.7 Å². The third-order valence-corrected chi connectivity index (χ3v) is 14.5. The van der Waals surface area contributed by atoms with Crippen LogP contribution in [-0.4, -0.2) is 154 Å². The lowest BCUT2D eigenvalue weighted by molar-refractivity contribution is -0.221. The molecule has 78 heavy (non-hydrogen) atoms. The van der Waals surface area contributed by atoms with E-state index in [1.807, 2.05) is 17.4 Å². The molecule has 6 atom stereocenters. The van der Waals surface area contributed by atoms with E-state index in [0.717, 1.165) is 63.3 Å². The summed E-state index contributed by atoms with van der Waals surface area (Å²) in [7, 11) is 0.862. The number of ether oxygens (including phenoxy) is 2. The summed E-state index contributed by atoms with van der Waals surface area (Å²) in [4.78, 5) is 61.7. The summed E-state index contributed by atoms with van der Waals surface area (Å²) in [5, 5.41) is 32.0. The van der Waals surface area contributed by atoms with Crippen molar-refractivity contribution in [3.05, 3.63) is 102 Å². The first-order valence-electron chi connectivity index (χ1n) is 24.7. The predicted molar refractivity (Wildman–Crippen MR) is 265 cm³/mol. The number of hydrazine groups is 1. The summed E-state index contributed by atoms with van der Waals surface area (Å²) in [6, 6.07) is 10.9. The van der Waals surface area contributed by atoms with Crippen molar-refractivity contribution in [3.8, 4) is 23.0 Å². The van der Waals surface area contributed by atoms with Gasteiger partial charge in [0, 0.05) is 67.3 Å². The van der Waals surface area contributed by atoms with Crippen molar-refractivity contribution in [1.29, 1.82) is 0 Å². The molecule has 0 spiro atoms. The maximum atomic E-state index is 14.5. The molecule has 5 heterocycles. The molecule has 2 bridgehead atoms. The van der Waals surface area contributed by atoms with E-state index in [9.17, 15) is 64.5 Å². The van der Waals surface area contributed by atoms with Gasteiger partial charge in [-0.2, -0.15) is 40.2 Å². The van der Waals surface area contributed by atoms with Crippen molar-refractivity contribution in [2.75, 3.05) is 44.9 Å². The highest BCUT2D eigenvalue weighted by Gasteiger charge is 2.57. The van der Waals surface area contributed by atoms with Gasteiger partial charge in [-0.05, 0) is 87.9 Å². The molecular weight excluding hydrogens is 1040 g/mol. The number of piperazine rings is 1. The van der Waals surface area contributed by atoms with Crippen LogP contribution in [0.4, 0.5) is 50.5 Å². The van der Waals surface area contributed by atoms with Crippen LogP contribution in [0.15, 0.2) is 79.3 Å². The van der Waals surface area contributed by atoms with E-state index >= 15 is 0 Å². The Morgan fingerprint density at radius 3 is 1.86 bits per heavy atom. The average Bonchev–Trinajstić information content (AvgIpc) is 4.03. The molecule has 0 radical (unpaired) electrons. The molecule has 4 aromatic rings. The minimum atomic E-state index is -5.16. The minimum Gasteiger partial charge on any atom is -0.465 e. The number of nitrogens with zero attached hydrogens (tertiary/aromatic N) is 6. The van der Waals surface area contributed by atoms with Crippen LogP contribution in [0.1, 0.15) is 69.3 Å². The Balaban J connectivity index is 1.15. The second kappa shape index (κ2) is 23.9. The van der Waals surface area contributed by atoms with Crippen LogP contribution in [0.25, 0.3) is 11.1 Å². The van der Waals surface area contributed by atoms with Gasteiger partial charge in [0.15, 0.2) is 0 Å². The Bertz CT molecular complexity index is 2790. The number of aromatic nitrogens is 3. The van der Waals surface area contributed by atoms with Crippen LogP contribution in [0.2, 0.25) is 0 Å². The van der Waals surface area contributed by atoms with E-state index in [2.05, 4.69) is 42.2 Å². The number of hydrogen-bond donors (Lipinski definition) is 6. The number of alkyl carbamates (subject to hydrolysis) is 1. The number of halogens is 8. The van der Waals surface area contributed by atoms with Gasteiger partial charge in [-0.1, -0.05) is 48.2 Å². The average molecular weight is 1110 g/mol. The van der Waals surface area contributed by atoms with E-state index in [-0.39, 0.29) is 17.5 Å². The molecule has 0 aliphatic carbocycles. The fourth-order valence-electron chi connectivity index (χ4n) is 9.55. The number of methoxy groups -OCH3 is 1. The Labute approximate surface area is 443 Å². The van der Waals surface area contributed by atoms with Gasteiger partial charge < -0.3 is 40.5 Å². The molecule has 2 aromatic carbocycles. The summed E-state index contributed by atoms with van der Waals surface area (Å²) in [5.74, 6) is 3.99. The molecule has 2 aromatic heterocycles. The smallest absolute Gasteiger partial charge is 0.407 e. The zero-order valence-corrected chi connectivity index (χ0v) is 43.0. The van der Waals surface area contributed by atoms with Crippen molar-refractivity contribution in [2.24, 2.45) is 10.8 Å². The number of carboxylic acid groups (broad SMARTS) is 1. The van der Waals surface area contributed by atoms with Gasteiger partial charge in [0.1, 0.15) is 17.9 Å². The zero-order chi connectivity index (χ0) is 56.9. The Morgan fingerprint density at radius 2 is 1.35 bits per heavy atom. The first kappa shape index (κ1) is 58.6. The number of carbonyl (C=O) groups is 4. The standard InChI is InChI=1S/C52H60F8N10O8/c1-49(2,51(55,56)57)42(65-48(76)77-5)44(72)63-39(20-31-9-6-30(7-10-31)8-11-32-14-19-41(61-21-32)67-25-36-17-18-37(26-67)70(36)38-28-78-29-38)40(71)27-68(66-45(73)43(64-47(74)75)50(3,4)52(58,59)60)23-33-12-15-34(16-13-33)35-22-62-69(24-35)46(53)54/h6-7,9-10,12-16,19,21-22,24,36-40,42-43,46,64,71H,17-18,20,23,25-29H2,1-5H3,(H,63,72)(H,65,76)(H,66,73)(H,74,75)/t36?,37?,39-,40-,42+,43+/m0/s1. The number of amides is 4. The fourth-order valence-corrected chi connectivity index (χ4v) is 9.55. The number of carbonyl (C=O) groups excluding carboxylic acids is 3. The van der Waals surface area contributed by atoms with Crippen LogP contribution >= 0.6 is 0 Å². The first-order valence-corrected chi connectivity index (χ1v) is 24.7. The predicted octanol–water partition coefficient (Wildman–Crippen LogP) is 6.25. The minimum absolute atomic E-state index is 0.278. The number of aliphatic hydroxyl groups excluding tert-OH is 1. The van der Waals surface area contributed by atoms with Crippen LogP contribution in [0.5, 0.6) is 0 Å². The maximum Gasteiger partial charge on any atom is 0.407 e. The second-order valence-electron chi connectivity index (χ2n) is 20.6. The number of fused-ring (bicyclic) bond motifs is 2. The van der Waals surface area contributed by atoms with Crippen molar-refractivity contribution in [1.82, 2.24) is 46.0 Å². The SMILES string of the molecule is COC(=O)N[C@H](C(=O)N[C@@H](Cc1ccc(C#Cc2ccc(N3CC4CCC(C3)N4C3COC3)nc2)cc1)[C@@H](O)CN(Cc1ccc(-c2cnn(C(F)F)c2)cc1)NC(=O)[C@@H](NC(=O)O)C(C)(C)C(F)(F)F)C(C)(C)C(F)(F)F. The van der Waals surface area contributed by atoms with E-state index in [4.69, 9.17) is 9.72 Å². The van der Waals surface area contributed by atoms with Gasteiger partial charge in [-0.3, -0.25) is 19.9 Å². The van der Waals surface area contributed by atoms with E-state index in [0.29, 0.717) is 72.8 Å². The number of anilines is 1. The lowest BCUT2D eigenvalue weighted by Gasteiger charge is -2.47. The lowest BCUT2D eigenvalue weighted by Crippen LogP contribution is -2.63. The monoisotopic (exact) mass is 1100 g/mol. The summed E-state index contributed by atoms with van der Waals surface area (Å²) in [6.07, 6.45) is -9.74. The Kier molecular flexibility index (Phi) is 17.9. The van der Waals surface area contributed by atoms with Crippen molar-refractivity contribution < 1.29 is 74.0 Å². The quantitative estimate of drug-likeness (QED) is 0.0348. The number of alkyl halides is 8. The van der Waals surface area contributed by atoms with Crippen molar-refractivity contribution >= 4 is 29.8 Å². The highest BCUT2D eigenvalue weighted by molar-refractivity contribution is 5.87. The third-order valence-electron chi connectivity index (χ3n) is 14.5. The molecular formula is C52H60F8N10O8. The lowest BCUT2D eigenvalue weighted by atomic mass is 9.82. The second-order valence-corrected chi connectivity index (χ2v) is 20.6. The number of pyridine rings is 1. The van der Waals surface area contributed by atoms with Gasteiger partial charge in [0.2, 0.25) is 5.91 Å². The van der Waals surface area contributed by atoms with Gasteiger partial charge in [-0.25, -0.2) is 24.3 Å². The summed E-state index contributed by atoms with van der Waals surface area (Å²) in [5.41, 5.74) is -1.29. The number of rotatable bonds is 19. The zero-order valence-electron chi connectivity index (χ0n) is 43.0. The number of aliphatic hydroxyl groups is 1. The molecule has 26 heteroatoms. The summed E-state index contributed by atoms with van der Waals surface area (Å²) < 4.78 is 124. The summed E-state index contributed by atoms with van der Waals surface area (Å²) >= 11 is 0. The van der Waals surface area contributed by atoms with Crippen molar-refractivity contribution in [2.45, 2.75) is 115 Å². The molecule has 6 N–H and O–H groups in total. The Morgan fingerprint density at radius 1 is 0.769 bits per heavy atom. The maximum absolute atomic E-state index is 14.5. The normalized spacial score (nSPS) is 18.7. The molecule has 4 amide bonds. The molecule has 3 saturated heterocycles. The Hall–Kier alpha value is -7.08. The molecule has 3 fully saturated rings. The van der Waals surface area contributed by atoms with Gasteiger partial charge >= 0.3 is 31.1 Å². The number of hydrogen-bond acceptors (Lipinski definition) is 12. The molecule has 18 nitrogen and oxygen atoms in total. The van der Waals surface area contributed by atoms with Gasteiger partial charge in [0.25, 0.3) is 5.91 Å². The third kappa shape index (κ3) is 13.8. The highest BCUT2D eigenvalue weighted by Crippen LogP contribution is 2.42. The van der Waals surface area contributed by atoms with Gasteiger partial charge in [0.05, 0.1) is 55.5 Å². The summed E-state index contributed by atoms with van der Waals surface area (Å²) in [6.45, 7) is 1.52. The molecule has 7 rings (SSSR count). The van der Waals surface area contributed by atoms with Crippen LogP contribution in [-0.2, 0) is 32.0 Å². The molecule has 422 valence electrons. The van der Waals surface area contributed by atoms with Crippen molar-refractivity contribution in [3.63, 3.8) is 0 Å². The van der Waals surface area contributed by atoms with E-state index in [1.165, 1.54) is 30.5 Å². The fraction of sp³-hybridized carbons (Fsp3) is 0.500. The number of nitrogens with one attached hydrogen (secondary N) is 4. The van der Waals surface area contributed by atoms with Crippen LogP contribution < -0.4 is 26.3 Å². The van der Waals surface area contributed by atoms with E-state index < -0.39 is 91.1 Å².